The minimum absolute atomic E-state index is 0.0597. The molecule has 2 heterocycles. The second-order valence-corrected chi connectivity index (χ2v) is 7.84. The second-order valence-electron chi connectivity index (χ2n) is 7.84. The average molecular weight is 412 g/mol. The maximum absolute atomic E-state index is 11.0. The van der Waals surface area contributed by atoms with Gasteiger partial charge in [0.15, 0.2) is 0 Å². The quantitative estimate of drug-likeness (QED) is 0.656. The van der Waals surface area contributed by atoms with Crippen LogP contribution >= 0.6 is 0 Å². The van der Waals surface area contributed by atoms with E-state index in [9.17, 15) is 10.1 Å². The molecule has 1 aliphatic carbocycles. The summed E-state index contributed by atoms with van der Waals surface area (Å²) in [5.74, 6) is 0.452. The Balaban J connectivity index is 1.41. The van der Waals surface area contributed by atoms with Crippen LogP contribution in [0.1, 0.15) is 47.1 Å². The number of nitrogens with zero attached hydrogens (tertiary/aromatic N) is 2. The number of aliphatic carboxylic acids is 1. The van der Waals surface area contributed by atoms with Crippen molar-refractivity contribution in [2.75, 3.05) is 6.61 Å². The summed E-state index contributed by atoms with van der Waals surface area (Å²) in [4.78, 5) is 15.5. The molecule has 1 aliphatic heterocycles. The van der Waals surface area contributed by atoms with E-state index in [-0.39, 0.29) is 18.4 Å². The van der Waals surface area contributed by atoms with Crippen LogP contribution in [0.5, 0.6) is 11.5 Å². The SMILES string of the molecule is N#Cc1cccnc1-c1cccc2c1CC[C@H]2Oc1ccc2c(c1)OC[C@H]2CC(=O)O. The van der Waals surface area contributed by atoms with Gasteiger partial charge in [-0.2, -0.15) is 5.26 Å². The Morgan fingerprint density at radius 3 is 2.97 bits per heavy atom. The number of pyridine rings is 1. The summed E-state index contributed by atoms with van der Waals surface area (Å²) >= 11 is 0. The zero-order valence-corrected chi connectivity index (χ0v) is 16.7. The van der Waals surface area contributed by atoms with Gasteiger partial charge in [0.05, 0.1) is 24.3 Å². The van der Waals surface area contributed by atoms with Crippen LogP contribution < -0.4 is 9.47 Å². The Kier molecular flexibility index (Phi) is 4.79. The first-order valence-electron chi connectivity index (χ1n) is 10.3. The van der Waals surface area contributed by atoms with Gasteiger partial charge in [-0.15, -0.1) is 0 Å². The molecule has 0 radical (unpaired) electrons. The minimum Gasteiger partial charge on any atom is -0.492 e. The lowest BCUT2D eigenvalue weighted by Gasteiger charge is -2.16. The van der Waals surface area contributed by atoms with E-state index < -0.39 is 5.97 Å². The molecule has 6 heteroatoms. The molecular weight excluding hydrogens is 392 g/mol. The first-order chi connectivity index (χ1) is 15.1. The molecular formula is C25H20N2O4. The fraction of sp³-hybridized carbons (Fsp3) is 0.240. The number of hydrogen-bond donors (Lipinski definition) is 1. The topological polar surface area (TPSA) is 92.4 Å². The molecule has 0 saturated carbocycles. The number of ether oxygens (including phenoxy) is 2. The molecule has 31 heavy (non-hydrogen) atoms. The number of aromatic nitrogens is 1. The summed E-state index contributed by atoms with van der Waals surface area (Å²) in [5, 5.41) is 18.5. The van der Waals surface area contributed by atoms with E-state index in [0.717, 1.165) is 29.5 Å². The van der Waals surface area contributed by atoms with Crippen molar-refractivity contribution in [3.05, 3.63) is 77.0 Å². The Morgan fingerprint density at radius 1 is 1.23 bits per heavy atom. The fourth-order valence-electron chi connectivity index (χ4n) is 4.55. The minimum atomic E-state index is -0.826. The Morgan fingerprint density at radius 2 is 2.13 bits per heavy atom. The molecule has 3 aromatic rings. The zero-order chi connectivity index (χ0) is 21.4. The van der Waals surface area contributed by atoms with E-state index in [1.165, 1.54) is 5.56 Å². The smallest absolute Gasteiger partial charge is 0.304 e. The van der Waals surface area contributed by atoms with E-state index in [1.54, 1.807) is 18.3 Å². The number of fused-ring (bicyclic) bond motifs is 2. The van der Waals surface area contributed by atoms with Crippen molar-refractivity contribution < 1.29 is 19.4 Å². The monoisotopic (exact) mass is 412 g/mol. The Bertz CT molecular complexity index is 1210. The summed E-state index contributed by atoms with van der Waals surface area (Å²) in [6.07, 6.45) is 3.35. The van der Waals surface area contributed by atoms with Crippen LogP contribution in [0, 0.1) is 11.3 Å². The number of hydrogen-bond acceptors (Lipinski definition) is 5. The number of nitriles is 1. The number of carboxylic acids is 1. The predicted octanol–water partition coefficient (Wildman–Crippen LogP) is 4.64. The molecule has 0 unspecified atom stereocenters. The Labute approximate surface area is 179 Å². The van der Waals surface area contributed by atoms with Gasteiger partial charge in [0, 0.05) is 29.3 Å². The zero-order valence-electron chi connectivity index (χ0n) is 16.7. The molecule has 2 aliphatic rings. The van der Waals surface area contributed by atoms with Gasteiger partial charge >= 0.3 is 5.97 Å². The van der Waals surface area contributed by atoms with Crippen LogP contribution in [-0.2, 0) is 11.2 Å². The number of rotatable bonds is 5. The van der Waals surface area contributed by atoms with Gasteiger partial charge in [-0.3, -0.25) is 9.78 Å². The molecule has 0 bridgehead atoms. The van der Waals surface area contributed by atoms with Crippen molar-refractivity contribution in [3.8, 4) is 28.8 Å². The third-order valence-corrected chi connectivity index (χ3v) is 5.96. The normalized spacial score (nSPS) is 18.5. The van der Waals surface area contributed by atoms with Gasteiger partial charge in [-0.1, -0.05) is 24.3 Å². The van der Waals surface area contributed by atoms with Crippen molar-refractivity contribution in [1.82, 2.24) is 4.98 Å². The van der Waals surface area contributed by atoms with Gasteiger partial charge in [-0.25, -0.2) is 0 Å². The molecule has 6 nitrogen and oxygen atoms in total. The highest BCUT2D eigenvalue weighted by Crippen LogP contribution is 2.43. The molecule has 5 rings (SSSR count). The molecule has 154 valence electrons. The van der Waals surface area contributed by atoms with Gasteiger partial charge in [-0.05, 0) is 42.2 Å². The Hall–Kier alpha value is -3.85. The number of benzene rings is 2. The van der Waals surface area contributed by atoms with E-state index in [0.29, 0.717) is 29.4 Å². The molecule has 0 fully saturated rings. The highest BCUT2D eigenvalue weighted by atomic mass is 16.5. The third-order valence-electron chi connectivity index (χ3n) is 5.96. The van der Waals surface area contributed by atoms with Crippen LogP contribution in [-0.4, -0.2) is 22.7 Å². The number of carboxylic acid groups (broad SMARTS) is 1. The van der Waals surface area contributed by atoms with Gasteiger partial charge in [0.1, 0.15) is 23.7 Å². The number of carbonyl (C=O) groups is 1. The van der Waals surface area contributed by atoms with Crippen LogP contribution in [0.3, 0.4) is 0 Å². The second kappa shape index (κ2) is 7.77. The summed E-state index contributed by atoms with van der Waals surface area (Å²) in [6.45, 7) is 0.381. The summed E-state index contributed by atoms with van der Waals surface area (Å²) < 4.78 is 12.0. The van der Waals surface area contributed by atoms with Crippen molar-refractivity contribution in [3.63, 3.8) is 0 Å². The molecule has 0 saturated heterocycles. The van der Waals surface area contributed by atoms with E-state index >= 15 is 0 Å². The lowest BCUT2D eigenvalue weighted by molar-refractivity contribution is -0.137. The predicted molar refractivity (Wildman–Crippen MR) is 113 cm³/mol. The van der Waals surface area contributed by atoms with Crippen molar-refractivity contribution >= 4 is 5.97 Å². The molecule has 0 amide bonds. The standard InChI is InChI=1S/C25H20N2O4/c26-13-15-3-2-10-27-25(15)21-5-1-4-20-19(21)8-9-22(20)31-17-6-7-18-16(11-24(28)29)14-30-23(18)12-17/h1-7,10,12,16,22H,8-9,11,14H2,(H,28,29)/t16-,22-/m1/s1. The molecule has 0 spiro atoms. The molecule has 1 N–H and O–H groups in total. The summed E-state index contributed by atoms with van der Waals surface area (Å²) in [7, 11) is 0. The molecule has 1 aromatic heterocycles. The first kappa shape index (κ1) is 19.1. The maximum Gasteiger partial charge on any atom is 0.304 e. The first-order valence-corrected chi connectivity index (χ1v) is 10.3. The van der Waals surface area contributed by atoms with E-state index in [2.05, 4.69) is 17.1 Å². The lowest BCUT2D eigenvalue weighted by Crippen LogP contribution is -2.07. The fourth-order valence-corrected chi connectivity index (χ4v) is 4.55. The highest BCUT2D eigenvalue weighted by molar-refractivity contribution is 5.72. The maximum atomic E-state index is 11.0. The van der Waals surface area contributed by atoms with Gasteiger partial charge in [0.25, 0.3) is 0 Å². The third kappa shape index (κ3) is 3.49. The van der Waals surface area contributed by atoms with Crippen LogP contribution in [0.4, 0.5) is 0 Å². The van der Waals surface area contributed by atoms with Crippen molar-refractivity contribution in [2.24, 2.45) is 0 Å². The van der Waals surface area contributed by atoms with Crippen LogP contribution in [0.2, 0.25) is 0 Å². The van der Waals surface area contributed by atoms with E-state index in [1.807, 2.05) is 30.3 Å². The molecule has 2 aromatic carbocycles. The highest BCUT2D eigenvalue weighted by Gasteiger charge is 2.30. The molecule has 2 atom stereocenters. The van der Waals surface area contributed by atoms with Gasteiger partial charge < -0.3 is 14.6 Å². The van der Waals surface area contributed by atoms with Crippen LogP contribution in [0.25, 0.3) is 11.3 Å². The van der Waals surface area contributed by atoms with Crippen molar-refractivity contribution in [2.45, 2.75) is 31.3 Å². The summed E-state index contributed by atoms with van der Waals surface area (Å²) in [6, 6.07) is 17.5. The van der Waals surface area contributed by atoms with Gasteiger partial charge in [0.2, 0.25) is 0 Å². The van der Waals surface area contributed by atoms with Crippen LogP contribution in [0.15, 0.2) is 54.7 Å². The van der Waals surface area contributed by atoms with Crippen molar-refractivity contribution in [1.29, 1.82) is 5.26 Å². The lowest BCUT2D eigenvalue weighted by atomic mass is 9.97. The largest absolute Gasteiger partial charge is 0.492 e. The van der Waals surface area contributed by atoms with E-state index in [4.69, 9.17) is 14.6 Å². The average Bonchev–Trinajstić information content (AvgIpc) is 3.37. The summed E-state index contributed by atoms with van der Waals surface area (Å²) in [5.41, 5.74) is 5.45.